The molecule has 0 spiro atoms. The molecule has 0 fully saturated rings. The highest BCUT2D eigenvalue weighted by molar-refractivity contribution is 8.00. The molecule has 178 valence electrons. The number of benzene rings is 3. The highest BCUT2D eigenvalue weighted by atomic mass is 32.2. The summed E-state index contributed by atoms with van der Waals surface area (Å²) < 4.78 is 0. The lowest BCUT2D eigenvalue weighted by atomic mass is 10.1. The van der Waals surface area contributed by atoms with Crippen LogP contribution >= 0.6 is 11.8 Å². The van der Waals surface area contributed by atoms with Crippen molar-refractivity contribution < 1.29 is 19.2 Å². The van der Waals surface area contributed by atoms with E-state index in [4.69, 9.17) is 0 Å². The minimum atomic E-state index is -0.305. The molecule has 0 aromatic heterocycles. The molecular weight excluding hydrogens is 464 g/mol. The molecule has 4 rings (SSSR count). The Kier molecular flexibility index (Phi) is 7.47. The third-order valence-corrected chi connectivity index (χ3v) is 6.13. The van der Waals surface area contributed by atoms with Gasteiger partial charge < -0.3 is 16.0 Å². The highest BCUT2D eigenvalue weighted by Gasteiger charge is 2.27. The second-order valence-corrected chi connectivity index (χ2v) is 8.98. The van der Waals surface area contributed by atoms with Crippen molar-refractivity contribution in [2.24, 2.45) is 0 Å². The van der Waals surface area contributed by atoms with Crippen LogP contribution in [0.25, 0.3) is 0 Å². The number of nitrogens with one attached hydrogen (secondary N) is 3. The molecule has 0 radical (unpaired) electrons. The van der Waals surface area contributed by atoms with Gasteiger partial charge in [-0.3, -0.25) is 24.1 Å². The number of rotatable bonds is 7. The van der Waals surface area contributed by atoms with Crippen LogP contribution in [0.15, 0.2) is 72.8 Å². The first-order valence-electron chi connectivity index (χ1n) is 10.9. The number of para-hydroxylation sites is 2. The molecule has 0 saturated carbocycles. The molecule has 8 nitrogen and oxygen atoms in total. The number of hydrogen-bond acceptors (Lipinski definition) is 5. The average Bonchev–Trinajstić information content (AvgIpc) is 2.83. The van der Waals surface area contributed by atoms with Gasteiger partial charge in [0, 0.05) is 16.9 Å². The molecular formula is C26H24N4O4S. The minimum absolute atomic E-state index is 0.0665. The number of anilines is 4. The van der Waals surface area contributed by atoms with E-state index in [0.717, 1.165) is 11.3 Å². The molecule has 0 bridgehead atoms. The molecule has 3 aromatic rings. The largest absolute Gasteiger partial charge is 0.325 e. The maximum Gasteiger partial charge on any atom is 0.258 e. The standard InChI is InChI=1S/C26H24N4O4S/c1-17-5-4-6-20(13-17)28-25(33)16-35-15-24(32)27-19-11-9-18(10-12-19)26(34)30-14-23(31)29-21-7-2-3-8-22(21)30/h2-13H,14-16H2,1H3,(H,27,32)(H,28,33)(H,29,31). The molecule has 3 N–H and O–H groups in total. The van der Waals surface area contributed by atoms with E-state index in [9.17, 15) is 19.2 Å². The van der Waals surface area contributed by atoms with Crippen LogP contribution in [-0.2, 0) is 14.4 Å². The fourth-order valence-corrected chi connectivity index (χ4v) is 4.24. The van der Waals surface area contributed by atoms with Gasteiger partial charge in [-0.25, -0.2) is 0 Å². The number of hydrogen-bond donors (Lipinski definition) is 3. The van der Waals surface area contributed by atoms with Crippen LogP contribution in [0.2, 0.25) is 0 Å². The highest BCUT2D eigenvalue weighted by Crippen LogP contribution is 2.30. The number of thioether (sulfide) groups is 1. The molecule has 35 heavy (non-hydrogen) atoms. The second kappa shape index (κ2) is 10.9. The van der Waals surface area contributed by atoms with Crippen molar-refractivity contribution in [3.8, 4) is 0 Å². The summed E-state index contributed by atoms with van der Waals surface area (Å²) in [7, 11) is 0. The van der Waals surface area contributed by atoms with Crippen LogP contribution in [0, 0.1) is 6.92 Å². The first-order chi connectivity index (χ1) is 16.9. The van der Waals surface area contributed by atoms with Crippen LogP contribution in [-0.4, -0.2) is 41.7 Å². The summed E-state index contributed by atoms with van der Waals surface area (Å²) in [6.45, 7) is 1.88. The average molecular weight is 489 g/mol. The van der Waals surface area contributed by atoms with E-state index in [1.54, 1.807) is 48.5 Å². The topological polar surface area (TPSA) is 108 Å². The molecule has 9 heteroatoms. The maximum absolute atomic E-state index is 13.0. The molecule has 1 aliphatic rings. The molecule has 1 aliphatic heterocycles. The predicted molar refractivity (Wildman–Crippen MR) is 139 cm³/mol. The number of carbonyl (C=O) groups is 4. The van der Waals surface area contributed by atoms with Crippen LogP contribution in [0.4, 0.5) is 22.7 Å². The van der Waals surface area contributed by atoms with Gasteiger partial charge in [0.15, 0.2) is 0 Å². The second-order valence-electron chi connectivity index (χ2n) is 7.99. The van der Waals surface area contributed by atoms with E-state index in [2.05, 4.69) is 16.0 Å². The maximum atomic E-state index is 13.0. The van der Waals surface area contributed by atoms with Crippen molar-refractivity contribution in [1.29, 1.82) is 0 Å². The van der Waals surface area contributed by atoms with Gasteiger partial charge in [-0.15, -0.1) is 11.8 Å². The first-order valence-corrected chi connectivity index (χ1v) is 12.1. The van der Waals surface area contributed by atoms with Gasteiger partial charge in [0.25, 0.3) is 5.91 Å². The SMILES string of the molecule is Cc1cccc(NC(=O)CSCC(=O)Nc2ccc(C(=O)N3CC(=O)Nc4ccccc43)cc2)c1. The van der Waals surface area contributed by atoms with Crippen LogP contribution in [0.3, 0.4) is 0 Å². The number of nitrogens with zero attached hydrogens (tertiary/aromatic N) is 1. The van der Waals surface area contributed by atoms with E-state index in [0.29, 0.717) is 22.6 Å². The van der Waals surface area contributed by atoms with Crippen LogP contribution in [0.1, 0.15) is 15.9 Å². The molecule has 0 unspecified atom stereocenters. The summed E-state index contributed by atoms with van der Waals surface area (Å²) in [5.41, 5.74) is 3.93. The fourth-order valence-electron chi connectivity index (χ4n) is 3.62. The monoisotopic (exact) mass is 488 g/mol. The molecule has 1 heterocycles. The summed E-state index contributed by atoms with van der Waals surface area (Å²) in [6.07, 6.45) is 0. The molecule has 0 aliphatic carbocycles. The predicted octanol–water partition coefficient (Wildman–Crippen LogP) is 3.90. The summed E-state index contributed by atoms with van der Waals surface area (Å²) in [6, 6.07) is 21.1. The molecule has 3 aromatic carbocycles. The third kappa shape index (κ3) is 6.27. The number of amides is 4. The van der Waals surface area contributed by atoms with Gasteiger partial charge in [-0.05, 0) is 61.0 Å². The van der Waals surface area contributed by atoms with Gasteiger partial charge in [-0.2, -0.15) is 0 Å². The first kappa shape index (κ1) is 24.0. The Hall–Kier alpha value is -4.11. The van der Waals surface area contributed by atoms with E-state index in [1.807, 2.05) is 31.2 Å². The van der Waals surface area contributed by atoms with E-state index >= 15 is 0 Å². The van der Waals surface area contributed by atoms with Crippen LogP contribution < -0.4 is 20.9 Å². The van der Waals surface area contributed by atoms with E-state index in [-0.39, 0.29) is 41.7 Å². The Bertz CT molecular complexity index is 1280. The molecule has 0 atom stereocenters. The lowest BCUT2D eigenvalue weighted by Crippen LogP contribution is -2.42. The fraction of sp³-hybridized carbons (Fsp3) is 0.154. The normalized spacial score (nSPS) is 12.4. The Morgan fingerprint density at radius 2 is 1.57 bits per heavy atom. The zero-order chi connectivity index (χ0) is 24.8. The van der Waals surface area contributed by atoms with Crippen molar-refractivity contribution in [3.63, 3.8) is 0 Å². The van der Waals surface area contributed by atoms with Crippen molar-refractivity contribution in [1.82, 2.24) is 0 Å². The van der Waals surface area contributed by atoms with Crippen LogP contribution in [0.5, 0.6) is 0 Å². The Morgan fingerprint density at radius 1 is 0.886 bits per heavy atom. The Morgan fingerprint density at radius 3 is 2.29 bits per heavy atom. The van der Waals surface area contributed by atoms with Gasteiger partial charge in [0.1, 0.15) is 6.54 Å². The number of aryl methyl sites for hydroxylation is 1. The summed E-state index contributed by atoms with van der Waals surface area (Å²) in [5.74, 6) is -0.726. The third-order valence-electron chi connectivity index (χ3n) is 5.20. The van der Waals surface area contributed by atoms with Crippen molar-refractivity contribution >= 4 is 58.1 Å². The minimum Gasteiger partial charge on any atom is -0.325 e. The van der Waals surface area contributed by atoms with Gasteiger partial charge >= 0.3 is 0 Å². The Balaban J connectivity index is 1.27. The zero-order valence-corrected chi connectivity index (χ0v) is 19.9. The summed E-state index contributed by atoms with van der Waals surface area (Å²) in [4.78, 5) is 50.8. The lowest BCUT2D eigenvalue weighted by molar-refractivity contribution is -0.115. The van der Waals surface area contributed by atoms with Crippen molar-refractivity contribution in [2.45, 2.75) is 6.92 Å². The van der Waals surface area contributed by atoms with E-state index < -0.39 is 0 Å². The lowest BCUT2D eigenvalue weighted by Gasteiger charge is -2.29. The Labute approximate surface area is 207 Å². The van der Waals surface area contributed by atoms with Crippen molar-refractivity contribution in [2.75, 3.05) is 38.9 Å². The summed E-state index contributed by atoms with van der Waals surface area (Å²) in [5, 5.41) is 8.32. The van der Waals surface area contributed by atoms with Crippen molar-refractivity contribution in [3.05, 3.63) is 83.9 Å². The molecule has 4 amide bonds. The summed E-state index contributed by atoms with van der Waals surface area (Å²) >= 11 is 1.21. The van der Waals surface area contributed by atoms with Gasteiger partial charge in [0.05, 0.1) is 22.9 Å². The van der Waals surface area contributed by atoms with Gasteiger partial charge in [-0.1, -0.05) is 24.3 Å². The number of carbonyl (C=O) groups excluding carboxylic acids is 4. The quantitative estimate of drug-likeness (QED) is 0.468. The zero-order valence-electron chi connectivity index (χ0n) is 19.0. The molecule has 0 saturated heterocycles. The van der Waals surface area contributed by atoms with E-state index in [1.165, 1.54) is 16.7 Å². The number of fused-ring (bicyclic) bond motifs is 1. The van der Waals surface area contributed by atoms with Gasteiger partial charge in [0.2, 0.25) is 17.7 Å². The smallest absolute Gasteiger partial charge is 0.258 e.